The summed E-state index contributed by atoms with van der Waals surface area (Å²) in [6.45, 7) is 3.62. The lowest BCUT2D eigenvalue weighted by molar-refractivity contribution is -0.141. The van der Waals surface area contributed by atoms with Crippen LogP contribution in [-0.2, 0) is 14.4 Å². The number of amides is 2. The van der Waals surface area contributed by atoms with Gasteiger partial charge < -0.3 is 21.5 Å². The smallest absolute Gasteiger partial charge is 0.327 e. The molecule has 0 bridgehead atoms. The second-order valence-electron chi connectivity index (χ2n) is 8.62. The molecule has 1 aliphatic rings. The SMILES string of the molecule is CC(C)C[C@H](NC(=O)CN)C(=O)N[C@@H](CSCC1c2ccccc2-c2ccccc21)C(=O)O. The predicted octanol–water partition coefficient (Wildman–Crippen LogP) is 2.59. The molecule has 0 saturated carbocycles. The van der Waals surface area contributed by atoms with Crippen molar-refractivity contribution >= 4 is 29.5 Å². The fraction of sp³-hybridized carbons (Fsp3) is 0.400. The summed E-state index contributed by atoms with van der Waals surface area (Å²) in [5, 5.41) is 14.9. The van der Waals surface area contributed by atoms with Gasteiger partial charge in [-0.15, -0.1) is 0 Å². The molecule has 0 aliphatic heterocycles. The van der Waals surface area contributed by atoms with Crippen LogP contribution in [0.2, 0.25) is 0 Å². The number of benzene rings is 2. The third kappa shape index (κ3) is 6.15. The molecule has 0 radical (unpaired) electrons. The number of thioether (sulfide) groups is 1. The monoisotopic (exact) mass is 469 g/mol. The Morgan fingerprint density at radius 3 is 2.06 bits per heavy atom. The highest BCUT2D eigenvalue weighted by molar-refractivity contribution is 7.99. The highest BCUT2D eigenvalue weighted by atomic mass is 32.2. The number of aliphatic carboxylic acids is 1. The molecule has 1 aliphatic carbocycles. The summed E-state index contributed by atoms with van der Waals surface area (Å²) in [6, 6.07) is 14.7. The molecule has 7 nitrogen and oxygen atoms in total. The van der Waals surface area contributed by atoms with Gasteiger partial charge in [-0.05, 0) is 34.6 Å². The van der Waals surface area contributed by atoms with Gasteiger partial charge in [0.1, 0.15) is 12.1 Å². The first-order valence-corrected chi connectivity index (χ1v) is 12.3. The lowest BCUT2D eigenvalue weighted by Crippen LogP contribution is -2.53. The van der Waals surface area contributed by atoms with Crippen molar-refractivity contribution in [2.45, 2.75) is 38.3 Å². The van der Waals surface area contributed by atoms with E-state index in [1.165, 1.54) is 34.0 Å². The zero-order chi connectivity index (χ0) is 24.0. The first-order valence-electron chi connectivity index (χ1n) is 11.1. The molecule has 0 saturated heterocycles. The largest absolute Gasteiger partial charge is 0.480 e. The minimum absolute atomic E-state index is 0.138. The van der Waals surface area contributed by atoms with Gasteiger partial charge in [-0.3, -0.25) is 9.59 Å². The minimum Gasteiger partial charge on any atom is -0.480 e. The quantitative estimate of drug-likeness (QED) is 0.401. The van der Waals surface area contributed by atoms with E-state index in [9.17, 15) is 19.5 Å². The van der Waals surface area contributed by atoms with E-state index in [1.54, 1.807) is 0 Å². The van der Waals surface area contributed by atoms with Gasteiger partial charge in [0.25, 0.3) is 0 Å². The Hall–Kier alpha value is -2.84. The highest BCUT2D eigenvalue weighted by Crippen LogP contribution is 2.45. The van der Waals surface area contributed by atoms with Gasteiger partial charge in [0.05, 0.1) is 6.54 Å². The van der Waals surface area contributed by atoms with E-state index >= 15 is 0 Å². The number of fused-ring (bicyclic) bond motifs is 3. The van der Waals surface area contributed by atoms with Gasteiger partial charge in [-0.2, -0.15) is 11.8 Å². The normalized spacial score (nSPS) is 14.3. The van der Waals surface area contributed by atoms with Crippen LogP contribution in [0.5, 0.6) is 0 Å². The Labute approximate surface area is 198 Å². The van der Waals surface area contributed by atoms with Crippen LogP contribution in [-0.4, -0.2) is 53.0 Å². The van der Waals surface area contributed by atoms with Crippen molar-refractivity contribution in [3.05, 3.63) is 59.7 Å². The third-order valence-electron chi connectivity index (χ3n) is 5.69. The number of nitrogens with one attached hydrogen (secondary N) is 2. The Balaban J connectivity index is 1.64. The second-order valence-corrected chi connectivity index (χ2v) is 9.69. The number of nitrogens with two attached hydrogens (primary N) is 1. The maximum Gasteiger partial charge on any atom is 0.327 e. The Kier molecular flexibility index (Phi) is 8.52. The molecule has 0 spiro atoms. The molecule has 3 rings (SSSR count). The van der Waals surface area contributed by atoms with Crippen molar-refractivity contribution < 1.29 is 19.5 Å². The van der Waals surface area contributed by atoms with Gasteiger partial charge in [0, 0.05) is 17.4 Å². The fourth-order valence-corrected chi connectivity index (χ4v) is 5.34. The van der Waals surface area contributed by atoms with Gasteiger partial charge in [0.15, 0.2) is 0 Å². The summed E-state index contributed by atoms with van der Waals surface area (Å²) < 4.78 is 0. The van der Waals surface area contributed by atoms with E-state index in [2.05, 4.69) is 34.9 Å². The number of carboxylic acid groups (broad SMARTS) is 1. The summed E-state index contributed by atoms with van der Waals surface area (Å²) in [4.78, 5) is 36.3. The van der Waals surface area contributed by atoms with Crippen LogP contribution in [0, 0.1) is 5.92 Å². The number of hydrogen-bond donors (Lipinski definition) is 4. The summed E-state index contributed by atoms with van der Waals surface area (Å²) in [7, 11) is 0. The van der Waals surface area contributed by atoms with Crippen LogP contribution in [0.3, 0.4) is 0 Å². The van der Waals surface area contributed by atoms with E-state index in [-0.39, 0.29) is 24.1 Å². The molecule has 2 aromatic rings. The van der Waals surface area contributed by atoms with Gasteiger partial charge in [-0.1, -0.05) is 62.4 Å². The Morgan fingerprint density at radius 1 is 0.970 bits per heavy atom. The lowest BCUT2D eigenvalue weighted by Gasteiger charge is -2.23. The van der Waals surface area contributed by atoms with E-state index in [0.29, 0.717) is 12.2 Å². The number of carbonyl (C=O) groups is 3. The van der Waals surface area contributed by atoms with Crippen LogP contribution in [0.25, 0.3) is 11.1 Å². The maximum absolute atomic E-state index is 12.8. The molecule has 0 heterocycles. The average molecular weight is 470 g/mol. The van der Waals surface area contributed by atoms with Crippen LogP contribution >= 0.6 is 11.8 Å². The summed E-state index contributed by atoms with van der Waals surface area (Å²) in [6.07, 6.45) is 0.396. The standard InChI is InChI=1S/C25H31N3O4S/c1-15(2)11-21(27-23(29)12-26)24(30)28-22(25(31)32)14-33-13-20-18-9-5-3-7-16(18)17-8-4-6-10-19(17)20/h3-10,15,20-22H,11-14,26H2,1-2H3,(H,27,29)(H,28,30)(H,31,32)/t21-,22-/m0/s1. The van der Waals surface area contributed by atoms with Crippen LogP contribution in [0.4, 0.5) is 0 Å². The van der Waals surface area contributed by atoms with Crippen LogP contribution in [0.15, 0.2) is 48.5 Å². The van der Waals surface area contributed by atoms with E-state index < -0.39 is 29.9 Å². The summed E-state index contributed by atoms with van der Waals surface area (Å²) >= 11 is 1.50. The number of hydrogen-bond acceptors (Lipinski definition) is 5. The highest BCUT2D eigenvalue weighted by Gasteiger charge is 2.30. The third-order valence-corrected chi connectivity index (χ3v) is 6.83. The van der Waals surface area contributed by atoms with Gasteiger partial charge >= 0.3 is 5.97 Å². The molecule has 176 valence electrons. The van der Waals surface area contributed by atoms with Crippen molar-refractivity contribution in [3.8, 4) is 11.1 Å². The first kappa shape index (κ1) is 24.8. The summed E-state index contributed by atoms with van der Waals surface area (Å²) in [5.74, 6) is -0.819. The summed E-state index contributed by atoms with van der Waals surface area (Å²) in [5.41, 5.74) is 10.3. The minimum atomic E-state index is -1.10. The van der Waals surface area contributed by atoms with Crippen LogP contribution < -0.4 is 16.4 Å². The molecule has 0 fully saturated rings. The molecule has 0 unspecified atom stereocenters. The van der Waals surface area contributed by atoms with E-state index in [1.807, 2.05) is 38.1 Å². The van der Waals surface area contributed by atoms with Crippen LogP contribution in [0.1, 0.15) is 37.3 Å². The number of carboxylic acids is 1. The van der Waals surface area contributed by atoms with E-state index in [4.69, 9.17) is 5.73 Å². The van der Waals surface area contributed by atoms with E-state index in [0.717, 1.165) is 0 Å². The van der Waals surface area contributed by atoms with Crippen molar-refractivity contribution in [1.29, 1.82) is 0 Å². The second kappa shape index (κ2) is 11.3. The number of carbonyl (C=O) groups excluding carboxylic acids is 2. The predicted molar refractivity (Wildman–Crippen MR) is 131 cm³/mol. The average Bonchev–Trinajstić information content (AvgIpc) is 3.11. The molecule has 5 N–H and O–H groups in total. The fourth-order valence-electron chi connectivity index (χ4n) is 4.15. The number of rotatable bonds is 11. The van der Waals surface area contributed by atoms with Gasteiger partial charge in [0.2, 0.25) is 11.8 Å². The molecule has 8 heteroatoms. The first-order chi connectivity index (χ1) is 15.8. The molecule has 33 heavy (non-hydrogen) atoms. The van der Waals surface area contributed by atoms with Crippen molar-refractivity contribution in [2.24, 2.45) is 11.7 Å². The molecular weight excluding hydrogens is 438 g/mol. The molecule has 2 aromatic carbocycles. The van der Waals surface area contributed by atoms with Crippen molar-refractivity contribution in [2.75, 3.05) is 18.1 Å². The van der Waals surface area contributed by atoms with Crippen molar-refractivity contribution in [3.63, 3.8) is 0 Å². The molecule has 0 aromatic heterocycles. The molecule has 2 atom stereocenters. The maximum atomic E-state index is 12.8. The topological polar surface area (TPSA) is 122 Å². The van der Waals surface area contributed by atoms with Crippen molar-refractivity contribution in [1.82, 2.24) is 10.6 Å². The molecular formula is C25H31N3O4S. The Morgan fingerprint density at radius 2 is 1.55 bits per heavy atom. The lowest BCUT2D eigenvalue weighted by atomic mass is 9.99. The Bertz CT molecular complexity index is 965. The zero-order valence-electron chi connectivity index (χ0n) is 18.9. The molecule has 2 amide bonds. The van der Waals surface area contributed by atoms with Gasteiger partial charge in [-0.25, -0.2) is 4.79 Å². The zero-order valence-corrected chi connectivity index (χ0v) is 19.7.